The van der Waals surface area contributed by atoms with Crippen molar-refractivity contribution in [2.24, 2.45) is 0 Å². The summed E-state index contributed by atoms with van der Waals surface area (Å²) < 4.78 is 18.7. The van der Waals surface area contributed by atoms with Crippen LogP contribution in [0.25, 0.3) is 11.0 Å². The van der Waals surface area contributed by atoms with Crippen LogP contribution in [0.3, 0.4) is 0 Å². The highest BCUT2D eigenvalue weighted by Crippen LogP contribution is 2.27. The molecule has 0 aliphatic rings. The number of nitrogen functional groups attached to an aromatic ring is 1. The smallest absolute Gasteiger partial charge is 0.151 e. The van der Waals surface area contributed by atoms with Gasteiger partial charge < -0.3 is 10.3 Å². The van der Waals surface area contributed by atoms with Gasteiger partial charge in [-0.15, -0.1) is 0 Å². The molecule has 0 saturated heterocycles. The van der Waals surface area contributed by atoms with Gasteiger partial charge in [-0.25, -0.2) is 14.4 Å². The van der Waals surface area contributed by atoms with Crippen LogP contribution in [0.4, 0.5) is 10.2 Å². The van der Waals surface area contributed by atoms with Crippen LogP contribution in [0.2, 0.25) is 0 Å². The lowest BCUT2D eigenvalue weighted by atomic mass is 10.2. The van der Waals surface area contributed by atoms with E-state index in [0.717, 1.165) is 78.2 Å². The molecule has 3 N–H and O–H groups in total. The molecular weight excluding hydrogens is 385 g/mol. The molecule has 2 aromatic heterocycles. The molecule has 1 aromatic carbocycles. The quantitative estimate of drug-likeness (QED) is 0.352. The molecule has 0 spiro atoms. The van der Waals surface area contributed by atoms with Crippen molar-refractivity contribution in [3.8, 4) is 0 Å². The van der Waals surface area contributed by atoms with Gasteiger partial charge in [-0.05, 0) is 74.9 Å². The van der Waals surface area contributed by atoms with Gasteiger partial charge in [-0.1, -0.05) is 13.3 Å². The van der Waals surface area contributed by atoms with Crippen molar-refractivity contribution >= 4 is 28.8 Å². The Morgan fingerprint density at radius 1 is 1.10 bits per heavy atom. The summed E-state index contributed by atoms with van der Waals surface area (Å²) >= 11 is 1.54. The van der Waals surface area contributed by atoms with E-state index in [2.05, 4.69) is 28.1 Å². The largest absolute Gasteiger partial charge is 0.382 e. The van der Waals surface area contributed by atoms with E-state index in [-0.39, 0.29) is 5.82 Å². The van der Waals surface area contributed by atoms with E-state index in [4.69, 9.17) is 10.7 Å². The first kappa shape index (κ1) is 21.6. The second-order valence-electron chi connectivity index (χ2n) is 7.35. The van der Waals surface area contributed by atoms with Crippen LogP contribution < -0.4 is 10.5 Å². The Hall–Kier alpha value is -2.12. The van der Waals surface area contributed by atoms with Crippen LogP contribution in [0.1, 0.15) is 49.7 Å². The van der Waals surface area contributed by atoms with Gasteiger partial charge >= 0.3 is 0 Å². The second kappa shape index (κ2) is 10.1. The number of fused-ring (bicyclic) bond motifs is 1. The normalized spacial score (nSPS) is 11.4. The molecule has 0 bridgehead atoms. The summed E-state index contributed by atoms with van der Waals surface area (Å²) in [4.78, 5) is 10.3. The molecule has 7 heteroatoms. The molecule has 2 heterocycles. The van der Waals surface area contributed by atoms with Crippen LogP contribution in [-0.2, 0) is 13.0 Å². The number of aryl methyl sites for hydroxylation is 4. The van der Waals surface area contributed by atoms with E-state index in [1.807, 2.05) is 6.92 Å². The first-order chi connectivity index (χ1) is 14.0. The lowest BCUT2D eigenvalue weighted by molar-refractivity contribution is 0.586. The first-order valence-electron chi connectivity index (χ1n) is 10.3. The van der Waals surface area contributed by atoms with Gasteiger partial charge in [0, 0.05) is 30.1 Å². The Balaban J connectivity index is 1.63. The van der Waals surface area contributed by atoms with Gasteiger partial charge in [0.05, 0.1) is 5.52 Å². The number of benzene rings is 1. The number of halogens is 1. The number of imidazole rings is 1. The summed E-state index contributed by atoms with van der Waals surface area (Å²) in [5, 5.41) is 0. The molecule has 156 valence electrons. The maximum Gasteiger partial charge on any atom is 0.151 e. The number of hydrogen-bond acceptors (Lipinski definition) is 5. The van der Waals surface area contributed by atoms with Crippen molar-refractivity contribution < 1.29 is 4.39 Å². The predicted octanol–water partition coefficient (Wildman–Crippen LogP) is 5.19. The molecule has 5 nitrogen and oxygen atoms in total. The first-order valence-corrected chi connectivity index (χ1v) is 11.1. The average molecular weight is 416 g/mol. The van der Waals surface area contributed by atoms with Gasteiger partial charge in [-0.3, -0.25) is 4.72 Å². The zero-order valence-corrected chi connectivity index (χ0v) is 18.3. The topological polar surface area (TPSA) is 68.8 Å². The minimum atomic E-state index is -0.206. The molecule has 0 unspecified atom stereocenters. The van der Waals surface area contributed by atoms with Crippen LogP contribution in [0, 0.1) is 19.7 Å². The zero-order valence-electron chi connectivity index (χ0n) is 17.5. The fraction of sp³-hybridized carbons (Fsp3) is 0.455. The standard InChI is InChI=1S/C22H30FN5S/c1-4-5-8-19-27-20-21(15(2)16(3)26-22(20)24)28(19)14-7-6-13-25-29-18-11-9-17(23)10-12-18/h9-12,25H,4-8,13-14H2,1-3H3,(H2,24,26). The Morgan fingerprint density at radius 3 is 2.59 bits per heavy atom. The van der Waals surface area contributed by atoms with Crippen LogP contribution in [0.15, 0.2) is 29.2 Å². The molecular formula is C22H30FN5S. The molecule has 0 fully saturated rings. The van der Waals surface area contributed by atoms with Gasteiger partial charge in [0.1, 0.15) is 17.2 Å². The summed E-state index contributed by atoms with van der Waals surface area (Å²) in [6, 6.07) is 6.54. The Kier molecular flexibility index (Phi) is 7.50. The number of rotatable bonds is 10. The summed E-state index contributed by atoms with van der Waals surface area (Å²) in [6.07, 6.45) is 5.30. The third-order valence-corrected chi connectivity index (χ3v) is 6.00. The highest BCUT2D eigenvalue weighted by molar-refractivity contribution is 7.97. The van der Waals surface area contributed by atoms with Crippen molar-refractivity contribution in [1.82, 2.24) is 19.3 Å². The third kappa shape index (κ3) is 5.28. The van der Waals surface area contributed by atoms with E-state index in [1.54, 1.807) is 12.1 Å². The summed E-state index contributed by atoms with van der Waals surface area (Å²) in [7, 11) is 0. The van der Waals surface area contributed by atoms with Crippen molar-refractivity contribution in [1.29, 1.82) is 0 Å². The number of nitrogens with two attached hydrogens (primary N) is 1. The Morgan fingerprint density at radius 2 is 1.86 bits per heavy atom. The molecule has 0 saturated carbocycles. The number of hydrogen-bond donors (Lipinski definition) is 2. The number of aromatic nitrogens is 3. The highest BCUT2D eigenvalue weighted by atomic mass is 32.2. The molecule has 0 radical (unpaired) electrons. The van der Waals surface area contributed by atoms with E-state index in [9.17, 15) is 4.39 Å². The number of nitrogens with one attached hydrogen (secondary N) is 1. The fourth-order valence-electron chi connectivity index (χ4n) is 3.42. The van der Waals surface area contributed by atoms with Gasteiger partial charge in [-0.2, -0.15) is 0 Å². The maximum atomic E-state index is 13.0. The third-order valence-electron chi connectivity index (χ3n) is 5.14. The lowest BCUT2D eigenvalue weighted by Gasteiger charge is -2.12. The van der Waals surface area contributed by atoms with E-state index in [0.29, 0.717) is 5.82 Å². The average Bonchev–Trinajstić information content (AvgIpc) is 3.07. The van der Waals surface area contributed by atoms with Crippen LogP contribution >= 0.6 is 11.9 Å². The van der Waals surface area contributed by atoms with Crippen molar-refractivity contribution in [2.75, 3.05) is 12.3 Å². The summed E-state index contributed by atoms with van der Waals surface area (Å²) in [6.45, 7) is 8.11. The monoisotopic (exact) mass is 415 g/mol. The summed E-state index contributed by atoms with van der Waals surface area (Å²) in [5.41, 5.74) is 10.3. The number of nitrogens with zero attached hydrogens (tertiary/aromatic N) is 3. The van der Waals surface area contributed by atoms with Crippen molar-refractivity contribution in [2.45, 2.75) is 64.3 Å². The molecule has 0 amide bonds. The van der Waals surface area contributed by atoms with Gasteiger partial charge in [0.15, 0.2) is 5.82 Å². The minimum Gasteiger partial charge on any atom is -0.382 e. The van der Waals surface area contributed by atoms with E-state index >= 15 is 0 Å². The lowest BCUT2D eigenvalue weighted by Crippen LogP contribution is -2.09. The van der Waals surface area contributed by atoms with Crippen LogP contribution in [0.5, 0.6) is 0 Å². The summed E-state index contributed by atoms with van der Waals surface area (Å²) in [5.74, 6) is 1.43. The second-order valence-corrected chi connectivity index (χ2v) is 8.31. The molecule has 0 atom stereocenters. The Labute approximate surface area is 176 Å². The van der Waals surface area contributed by atoms with E-state index in [1.165, 1.54) is 24.1 Å². The highest BCUT2D eigenvalue weighted by Gasteiger charge is 2.17. The number of anilines is 1. The molecule has 0 aliphatic heterocycles. The minimum absolute atomic E-state index is 0.206. The number of pyridine rings is 1. The van der Waals surface area contributed by atoms with E-state index < -0.39 is 0 Å². The number of unbranched alkanes of at least 4 members (excludes halogenated alkanes) is 2. The van der Waals surface area contributed by atoms with Crippen molar-refractivity contribution in [3.05, 3.63) is 47.2 Å². The SMILES string of the molecule is CCCCc1nc2c(N)nc(C)c(C)c2n1CCCCNSc1ccc(F)cc1. The Bertz CT molecular complexity index is 952. The maximum absolute atomic E-state index is 13.0. The zero-order chi connectivity index (χ0) is 20.8. The molecule has 3 rings (SSSR count). The molecule has 3 aromatic rings. The molecule has 29 heavy (non-hydrogen) atoms. The van der Waals surface area contributed by atoms with Gasteiger partial charge in [0.2, 0.25) is 0 Å². The fourth-order valence-corrected chi connectivity index (χ4v) is 4.10. The predicted molar refractivity (Wildman–Crippen MR) is 120 cm³/mol. The van der Waals surface area contributed by atoms with Crippen LogP contribution in [-0.4, -0.2) is 21.1 Å². The van der Waals surface area contributed by atoms with Gasteiger partial charge in [0.25, 0.3) is 0 Å². The molecule has 0 aliphatic carbocycles. The van der Waals surface area contributed by atoms with Crippen molar-refractivity contribution in [3.63, 3.8) is 0 Å².